The van der Waals surface area contributed by atoms with Gasteiger partial charge >= 0.3 is 11.9 Å². The molecule has 0 atom stereocenters. The molecule has 1 aliphatic rings. The number of aromatic nitrogens is 4. The molecule has 40 heavy (non-hydrogen) atoms. The number of imidazole rings is 2. The molecular formula is C30H39N9O+2. The topological polar surface area (TPSA) is 79.5 Å². The fourth-order valence-corrected chi connectivity index (χ4v) is 4.94. The van der Waals surface area contributed by atoms with Crippen molar-refractivity contribution in [3.63, 3.8) is 0 Å². The molecule has 1 saturated heterocycles. The van der Waals surface area contributed by atoms with Crippen LogP contribution in [0.1, 0.15) is 32.1 Å². The van der Waals surface area contributed by atoms with E-state index in [0.29, 0.717) is 0 Å². The highest BCUT2D eigenvalue weighted by molar-refractivity contribution is 5.53. The first-order valence-corrected chi connectivity index (χ1v) is 14.0. The molecule has 10 heteroatoms. The SMILES string of the molecule is COc1ccc(/N=N/c2n(C)cc[n+]2CCCCC[n+]2ccn(C)c2/N=N/c2ccc(N3CCCC3)cc2)cc1. The summed E-state index contributed by atoms with van der Waals surface area (Å²) >= 11 is 0. The summed E-state index contributed by atoms with van der Waals surface area (Å²) in [5, 5.41) is 18.0. The Bertz CT molecular complexity index is 1430. The molecule has 0 unspecified atom stereocenters. The van der Waals surface area contributed by atoms with E-state index in [1.165, 1.54) is 18.5 Å². The van der Waals surface area contributed by atoms with Gasteiger partial charge in [-0.15, -0.1) is 0 Å². The van der Waals surface area contributed by atoms with E-state index in [2.05, 4.69) is 71.2 Å². The molecule has 0 bridgehead atoms. The first kappa shape index (κ1) is 27.2. The predicted molar refractivity (Wildman–Crippen MR) is 154 cm³/mol. The van der Waals surface area contributed by atoms with Gasteiger partial charge in [-0.1, -0.05) is 10.2 Å². The molecule has 2 aromatic heterocycles. The van der Waals surface area contributed by atoms with Crippen LogP contribution >= 0.6 is 0 Å². The van der Waals surface area contributed by atoms with Crippen LogP contribution in [-0.2, 0) is 27.2 Å². The van der Waals surface area contributed by atoms with Gasteiger partial charge in [-0.25, -0.2) is 18.3 Å². The van der Waals surface area contributed by atoms with Crippen LogP contribution in [0, 0.1) is 0 Å². The fourth-order valence-electron chi connectivity index (χ4n) is 4.94. The van der Waals surface area contributed by atoms with Gasteiger partial charge in [0.05, 0.1) is 59.1 Å². The van der Waals surface area contributed by atoms with Crippen molar-refractivity contribution < 1.29 is 13.9 Å². The van der Waals surface area contributed by atoms with Gasteiger partial charge in [0, 0.05) is 29.0 Å². The number of hydrogen-bond acceptors (Lipinski definition) is 6. The lowest BCUT2D eigenvalue weighted by atomic mass is 10.2. The second kappa shape index (κ2) is 13.1. The number of nitrogens with zero attached hydrogens (tertiary/aromatic N) is 9. The predicted octanol–water partition coefficient (Wildman–Crippen LogP) is 6.25. The van der Waals surface area contributed by atoms with Crippen molar-refractivity contribution in [1.82, 2.24) is 9.13 Å². The zero-order valence-electron chi connectivity index (χ0n) is 23.7. The maximum atomic E-state index is 5.21. The minimum absolute atomic E-state index is 0.792. The normalized spacial score (nSPS) is 13.7. The molecule has 1 fully saturated rings. The molecule has 0 N–H and O–H groups in total. The summed E-state index contributed by atoms with van der Waals surface area (Å²) in [6.07, 6.45) is 13.9. The second-order valence-electron chi connectivity index (χ2n) is 10.2. The van der Waals surface area contributed by atoms with Crippen LogP contribution in [0.4, 0.5) is 29.0 Å². The van der Waals surface area contributed by atoms with Gasteiger partial charge in [-0.2, -0.15) is 0 Å². The summed E-state index contributed by atoms with van der Waals surface area (Å²) in [6, 6.07) is 16.0. The minimum atomic E-state index is 0.792. The van der Waals surface area contributed by atoms with Gasteiger partial charge in [-0.05, 0) is 80.6 Å². The van der Waals surface area contributed by atoms with Gasteiger partial charge in [0.15, 0.2) is 0 Å². The maximum absolute atomic E-state index is 5.21. The summed E-state index contributed by atoms with van der Waals surface area (Å²) in [7, 11) is 5.65. The molecule has 0 aliphatic carbocycles. The number of benzene rings is 2. The molecule has 0 amide bonds. The third kappa shape index (κ3) is 6.80. The lowest BCUT2D eigenvalue weighted by Gasteiger charge is -2.16. The van der Waals surface area contributed by atoms with E-state index < -0.39 is 0 Å². The van der Waals surface area contributed by atoms with Crippen molar-refractivity contribution in [1.29, 1.82) is 0 Å². The van der Waals surface area contributed by atoms with Crippen molar-refractivity contribution in [3.05, 3.63) is 73.3 Å². The van der Waals surface area contributed by atoms with Crippen molar-refractivity contribution in [3.8, 4) is 5.75 Å². The lowest BCUT2D eigenvalue weighted by Crippen LogP contribution is -2.33. The number of azo groups is 2. The van der Waals surface area contributed by atoms with E-state index in [-0.39, 0.29) is 0 Å². The average molecular weight is 542 g/mol. The van der Waals surface area contributed by atoms with E-state index >= 15 is 0 Å². The second-order valence-corrected chi connectivity index (χ2v) is 10.2. The molecule has 5 rings (SSSR count). The summed E-state index contributed by atoms with van der Waals surface area (Å²) in [6.45, 7) is 4.07. The molecule has 1 aliphatic heterocycles. The molecule has 3 heterocycles. The Morgan fingerprint density at radius 3 is 1.68 bits per heavy atom. The molecule has 2 aromatic carbocycles. The standard InChI is InChI=1S/C30H39N9O/c1-35-21-23-38(29(35)33-31-25-9-13-27(14-10-25)37-17-7-8-18-37)19-5-4-6-20-39-24-22-36(2)30(39)34-32-26-11-15-28(40-3)16-12-26/h9-16,21-24H,4-8,17-20H2,1-3H3/q+2. The lowest BCUT2D eigenvalue weighted by molar-refractivity contribution is -0.687. The number of unbranched alkanes of at least 4 members (excludes halogenated alkanes) is 2. The van der Waals surface area contributed by atoms with Crippen LogP contribution in [0.3, 0.4) is 0 Å². The summed E-state index contributed by atoms with van der Waals surface area (Å²) in [5.74, 6) is 2.48. The Morgan fingerprint density at radius 2 is 1.18 bits per heavy atom. The average Bonchev–Trinajstić information content (AvgIpc) is 3.73. The zero-order valence-corrected chi connectivity index (χ0v) is 23.7. The van der Waals surface area contributed by atoms with Crippen LogP contribution in [0.15, 0.2) is 93.8 Å². The third-order valence-electron chi connectivity index (χ3n) is 7.29. The molecule has 208 valence electrons. The Kier molecular flexibility index (Phi) is 8.95. The molecular weight excluding hydrogens is 502 g/mol. The van der Waals surface area contributed by atoms with Crippen LogP contribution in [0.5, 0.6) is 5.75 Å². The van der Waals surface area contributed by atoms with Gasteiger partial charge in [-0.3, -0.25) is 0 Å². The van der Waals surface area contributed by atoms with Crippen molar-refractivity contribution >= 4 is 29.0 Å². The summed E-state index contributed by atoms with van der Waals surface area (Å²) in [4.78, 5) is 2.43. The Balaban J connectivity index is 1.11. The number of ether oxygens (including phenoxy) is 1. The van der Waals surface area contributed by atoms with Crippen LogP contribution in [0.2, 0.25) is 0 Å². The van der Waals surface area contributed by atoms with E-state index in [0.717, 1.165) is 74.5 Å². The highest BCUT2D eigenvalue weighted by Gasteiger charge is 2.16. The Hall–Kier alpha value is -4.34. The molecule has 10 nitrogen and oxygen atoms in total. The Morgan fingerprint density at radius 1 is 0.675 bits per heavy atom. The monoisotopic (exact) mass is 541 g/mol. The summed E-state index contributed by atoms with van der Waals surface area (Å²) in [5.41, 5.74) is 2.93. The molecule has 0 spiro atoms. The fraction of sp³-hybridized carbons (Fsp3) is 0.400. The van der Waals surface area contributed by atoms with E-state index in [1.54, 1.807) is 7.11 Å². The van der Waals surface area contributed by atoms with Crippen LogP contribution in [-0.4, -0.2) is 29.3 Å². The number of rotatable bonds is 12. The van der Waals surface area contributed by atoms with Crippen LogP contribution in [0.25, 0.3) is 0 Å². The highest BCUT2D eigenvalue weighted by Crippen LogP contribution is 2.24. The summed E-state index contributed by atoms with van der Waals surface area (Å²) < 4.78 is 13.5. The third-order valence-corrected chi connectivity index (χ3v) is 7.29. The quantitative estimate of drug-likeness (QED) is 0.121. The number of hydrogen-bond donors (Lipinski definition) is 0. The van der Waals surface area contributed by atoms with Gasteiger partial charge in [0.1, 0.15) is 17.1 Å². The molecule has 0 radical (unpaired) electrons. The van der Waals surface area contributed by atoms with E-state index in [1.807, 2.05) is 59.9 Å². The van der Waals surface area contributed by atoms with Crippen molar-refractivity contribution in [2.24, 2.45) is 34.6 Å². The van der Waals surface area contributed by atoms with E-state index in [4.69, 9.17) is 4.74 Å². The first-order chi connectivity index (χ1) is 19.6. The zero-order chi connectivity index (χ0) is 27.7. The van der Waals surface area contributed by atoms with E-state index in [9.17, 15) is 0 Å². The van der Waals surface area contributed by atoms with Gasteiger partial charge in [0.25, 0.3) is 0 Å². The van der Waals surface area contributed by atoms with Crippen molar-refractivity contribution in [2.45, 2.75) is 45.2 Å². The minimum Gasteiger partial charge on any atom is -0.497 e. The maximum Gasteiger partial charge on any atom is 0.421 e. The van der Waals surface area contributed by atoms with Crippen molar-refractivity contribution in [2.75, 3.05) is 25.1 Å². The Labute approximate surface area is 235 Å². The smallest absolute Gasteiger partial charge is 0.421 e. The number of aryl methyl sites for hydroxylation is 4. The van der Waals surface area contributed by atoms with Gasteiger partial charge < -0.3 is 9.64 Å². The molecule has 4 aromatic rings. The highest BCUT2D eigenvalue weighted by atomic mass is 16.5. The largest absolute Gasteiger partial charge is 0.497 e. The molecule has 0 saturated carbocycles. The van der Waals surface area contributed by atoms with Gasteiger partial charge in [0.2, 0.25) is 0 Å². The van der Waals surface area contributed by atoms with Crippen LogP contribution < -0.4 is 18.8 Å². The number of methoxy groups -OCH3 is 1. The first-order valence-electron chi connectivity index (χ1n) is 14.0. The number of anilines is 1.